The molecule has 126 valence electrons. The summed E-state index contributed by atoms with van der Waals surface area (Å²) in [7, 11) is 1.71. The van der Waals surface area contributed by atoms with Crippen molar-refractivity contribution >= 4 is 29.3 Å². The minimum absolute atomic E-state index is 0.229. The van der Waals surface area contributed by atoms with Crippen LogP contribution in [0.1, 0.15) is 22.3 Å². The van der Waals surface area contributed by atoms with Crippen molar-refractivity contribution in [3.63, 3.8) is 0 Å². The monoisotopic (exact) mass is 343 g/mol. The molecule has 0 atom stereocenters. The molecule has 0 bridgehead atoms. The van der Waals surface area contributed by atoms with E-state index in [2.05, 4.69) is 6.07 Å². The Labute approximate surface area is 146 Å². The number of carbonyl (C=O) groups excluding carboxylic acids is 2. The lowest BCUT2D eigenvalue weighted by molar-refractivity contribution is -0.147. The Morgan fingerprint density at radius 3 is 2.71 bits per heavy atom. The summed E-state index contributed by atoms with van der Waals surface area (Å²) >= 11 is 1.55. The summed E-state index contributed by atoms with van der Waals surface area (Å²) < 4.78 is 5.00. The number of carbonyl (C=O) groups is 2. The SMILES string of the molecule is Cc1ccc(CN(C)C(=O)COC(=O)/C=C/c2ccsc2)c(C)c1. The van der Waals surface area contributed by atoms with Gasteiger partial charge in [-0.15, -0.1) is 0 Å². The van der Waals surface area contributed by atoms with Gasteiger partial charge in [-0.05, 0) is 53.4 Å². The maximum atomic E-state index is 12.1. The fourth-order valence-electron chi connectivity index (χ4n) is 2.19. The van der Waals surface area contributed by atoms with E-state index in [1.165, 1.54) is 11.6 Å². The first-order chi connectivity index (χ1) is 11.5. The molecular formula is C19H21NO3S. The van der Waals surface area contributed by atoms with E-state index in [1.54, 1.807) is 29.4 Å². The van der Waals surface area contributed by atoms with E-state index < -0.39 is 5.97 Å². The van der Waals surface area contributed by atoms with Gasteiger partial charge in [-0.3, -0.25) is 4.79 Å². The van der Waals surface area contributed by atoms with Gasteiger partial charge in [0.15, 0.2) is 6.61 Å². The van der Waals surface area contributed by atoms with E-state index in [0.717, 1.165) is 16.7 Å². The van der Waals surface area contributed by atoms with Crippen molar-refractivity contribution in [1.82, 2.24) is 4.90 Å². The zero-order valence-electron chi connectivity index (χ0n) is 14.1. The van der Waals surface area contributed by atoms with E-state index in [-0.39, 0.29) is 12.5 Å². The van der Waals surface area contributed by atoms with Gasteiger partial charge in [0.1, 0.15) is 0 Å². The van der Waals surface area contributed by atoms with Crippen LogP contribution in [0.5, 0.6) is 0 Å². The molecule has 0 N–H and O–H groups in total. The number of aryl methyl sites for hydroxylation is 2. The summed E-state index contributed by atoms with van der Waals surface area (Å²) in [6, 6.07) is 8.03. The molecular weight excluding hydrogens is 322 g/mol. The number of esters is 1. The first-order valence-electron chi connectivity index (χ1n) is 7.63. The highest BCUT2D eigenvalue weighted by Gasteiger charge is 2.12. The highest BCUT2D eigenvalue weighted by Crippen LogP contribution is 2.12. The molecule has 1 aromatic carbocycles. The molecule has 2 aromatic rings. The molecule has 0 unspecified atom stereocenters. The fraction of sp³-hybridized carbons (Fsp3) is 0.263. The minimum Gasteiger partial charge on any atom is -0.452 e. The lowest BCUT2D eigenvalue weighted by atomic mass is 10.1. The zero-order chi connectivity index (χ0) is 17.5. The Hall–Kier alpha value is -2.40. The molecule has 0 aliphatic rings. The predicted octanol–water partition coefficient (Wildman–Crippen LogP) is 3.58. The van der Waals surface area contributed by atoms with E-state index >= 15 is 0 Å². The van der Waals surface area contributed by atoms with Crippen molar-refractivity contribution in [2.45, 2.75) is 20.4 Å². The predicted molar refractivity (Wildman–Crippen MR) is 96.7 cm³/mol. The lowest BCUT2D eigenvalue weighted by Gasteiger charge is -2.18. The van der Waals surface area contributed by atoms with Gasteiger partial charge in [0.25, 0.3) is 5.91 Å². The molecule has 1 heterocycles. The molecule has 0 fully saturated rings. The lowest BCUT2D eigenvalue weighted by Crippen LogP contribution is -2.30. The van der Waals surface area contributed by atoms with Crippen molar-refractivity contribution in [3.8, 4) is 0 Å². The van der Waals surface area contributed by atoms with Crippen LogP contribution in [0.3, 0.4) is 0 Å². The Kier molecular flexibility index (Phi) is 6.32. The molecule has 2 rings (SSSR count). The third-order valence-electron chi connectivity index (χ3n) is 3.62. The number of hydrogen-bond acceptors (Lipinski definition) is 4. The van der Waals surface area contributed by atoms with Crippen molar-refractivity contribution < 1.29 is 14.3 Å². The van der Waals surface area contributed by atoms with Crippen LogP contribution in [-0.2, 0) is 20.9 Å². The summed E-state index contributed by atoms with van der Waals surface area (Å²) in [5.74, 6) is -0.748. The largest absolute Gasteiger partial charge is 0.452 e. The first-order valence-corrected chi connectivity index (χ1v) is 8.57. The summed E-state index contributed by atoms with van der Waals surface area (Å²) in [6.45, 7) is 4.30. The Morgan fingerprint density at radius 2 is 2.04 bits per heavy atom. The summed E-state index contributed by atoms with van der Waals surface area (Å²) in [5.41, 5.74) is 4.36. The normalized spacial score (nSPS) is 10.8. The summed E-state index contributed by atoms with van der Waals surface area (Å²) in [4.78, 5) is 25.3. The van der Waals surface area contributed by atoms with Crippen LogP contribution in [0.4, 0.5) is 0 Å². The van der Waals surface area contributed by atoms with Gasteiger partial charge in [-0.2, -0.15) is 11.3 Å². The third kappa shape index (κ3) is 5.35. The van der Waals surface area contributed by atoms with E-state index in [0.29, 0.717) is 6.54 Å². The van der Waals surface area contributed by atoms with Crippen molar-refractivity contribution in [2.75, 3.05) is 13.7 Å². The second-order valence-corrected chi connectivity index (χ2v) is 6.46. The maximum Gasteiger partial charge on any atom is 0.331 e. The van der Waals surface area contributed by atoms with Gasteiger partial charge in [-0.1, -0.05) is 23.8 Å². The average Bonchev–Trinajstić information content (AvgIpc) is 3.06. The molecule has 0 radical (unpaired) electrons. The van der Waals surface area contributed by atoms with Gasteiger partial charge in [0.05, 0.1) is 0 Å². The quantitative estimate of drug-likeness (QED) is 0.595. The molecule has 0 saturated heterocycles. The zero-order valence-corrected chi connectivity index (χ0v) is 14.9. The molecule has 5 heteroatoms. The second kappa shape index (κ2) is 8.45. The Morgan fingerprint density at radius 1 is 1.25 bits per heavy atom. The van der Waals surface area contributed by atoms with Crippen molar-refractivity contribution in [3.05, 3.63) is 63.4 Å². The average molecular weight is 343 g/mol. The molecule has 4 nitrogen and oxygen atoms in total. The van der Waals surface area contributed by atoms with Crippen molar-refractivity contribution in [1.29, 1.82) is 0 Å². The van der Waals surface area contributed by atoms with Crippen LogP contribution in [-0.4, -0.2) is 30.4 Å². The fourth-order valence-corrected chi connectivity index (χ4v) is 2.82. The number of ether oxygens (including phenoxy) is 1. The molecule has 1 amide bonds. The number of hydrogen-bond donors (Lipinski definition) is 0. The Bertz CT molecular complexity index is 735. The summed E-state index contributed by atoms with van der Waals surface area (Å²) in [5, 5.41) is 3.85. The van der Waals surface area contributed by atoms with E-state index in [4.69, 9.17) is 4.74 Å². The van der Waals surface area contributed by atoms with Crippen LogP contribution >= 0.6 is 11.3 Å². The van der Waals surface area contributed by atoms with Crippen LogP contribution < -0.4 is 0 Å². The van der Waals surface area contributed by atoms with E-state index in [9.17, 15) is 9.59 Å². The maximum absolute atomic E-state index is 12.1. The number of benzene rings is 1. The molecule has 1 aromatic heterocycles. The van der Waals surface area contributed by atoms with Crippen LogP contribution in [0.2, 0.25) is 0 Å². The van der Waals surface area contributed by atoms with Crippen LogP contribution in [0, 0.1) is 13.8 Å². The second-order valence-electron chi connectivity index (χ2n) is 5.68. The standard InChI is InChI=1S/C19H21NO3S/c1-14-4-6-17(15(2)10-14)11-20(3)18(21)12-23-19(22)7-5-16-8-9-24-13-16/h4-10,13H,11-12H2,1-3H3/b7-5+. The van der Waals surface area contributed by atoms with Gasteiger partial charge >= 0.3 is 5.97 Å². The number of thiophene rings is 1. The smallest absolute Gasteiger partial charge is 0.331 e. The molecule has 0 aliphatic heterocycles. The highest BCUT2D eigenvalue weighted by atomic mass is 32.1. The van der Waals surface area contributed by atoms with Crippen LogP contribution in [0.25, 0.3) is 6.08 Å². The molecule has 24 heavy (non-hydrogen) atoms. The first kappa shape index (κ1) is 17.9. The number of nitrogens with zero attached hydrogens (tertiary/aromatic N) is 1. The van der Waals surface area contributed by atoms with Gasteiger partial charge in [-0.25, -0.2) is 4.79 Å². The third-order valence-corrected chi connectivity index (χ3v) is 4.33. The topological polar surface area (TPSA) is 46.6 Å². The molecule has 0 aliphatic carbocycles. The highest BCUT2D eigenvalue weighted by molar-refractivity contribution is 7.08. The molecule has 0 saturated carbocycles. The van der Waals surface area contributed by atoms with Crippen molar-refractivity contribution in [2.24, 2.45) is 0 Å². The molecule has 0 spiro atoms. The summed E-state index contributed by atoms with van der Waals surface area (Å²) in [6.07, 6.45) is 3.00. The number of rotatable bonds is 6. The Balaban J connectivity index is 1.82. The van der Waals surface area contributed by atoms with Gasteiger partial charge < -0.3 is 9.64 Å². The van der Waals surface area contributed by atoms with Gasteiger partial charge in [0.2, 0.25) is 0 Å². The minimum atomic E-state index is -0.519. The van der Waals surface area contributed by atoms with Crippen LogP contribution in [0.15, 0.2) is 41.1 Å². The van der Waals surface area contributed by atoms with Gasteiger partial charge in [0, 0.05) is 19.7 Å². The number of amides is 1. The number of likely N-dealkylation sites (N-methyl/N-ethyl adjacent to an activating group) is 1. The van der Waals surface area contributed by atoms with E-state index in [1.807, 2.05) is 42.8 Å².